The first-order valence-electron chi connectivity index (χ1n) is 24.0. The van der Waals surface area contributed by atoms with Gasteiger partial charge >= 0.3 is 41.8 Å². The Morgan fingerprint density at radius 3 is 1.60 bits per heavy atom. The molecule has 0 aromatic carbocycles. The molecule has 0 saturated carbocycles. The zero-order valence-electron chi connectivity index (χ0n) is 43.8. The Morgan fingerprint density at radius 2 is 1.07 bits per heavy atom. The highest BCUT2D eigenvalue weighted by molar-refractivity contribution is 6.10. The van der Waals surface area contributed by atoms with Crippen molar-refractivity contribution in [2.75, 3.05) is 49.8 Å². The van der Waals surface area contributed by atoms with Crippen molar-refractivity contribution in [2.45, 2.75) is 138 Å². The van der Waals surface area contributed by atoms with Crippen molar-refractivity contribution in [1.82, 2.24) is 5.32 Å². The molecule has 5 rings (SSSR count). The quantitative estimate of drug-likeness (QED) is 0.113. The highest BCUT2D eigenvalue weighted by atomic mass is 16.5. The normalized spacial score (nSPS) is 30.6. The summed E-state index contributed by atoms with van der Waals surface area (Å²) in [7, 11) is 9.21. The van der Waals surface area contributed by atoms with Gasteiger partial charge in [-0.3, -0.25) is 48.5 Å². The molecule has 9 atom stereocenters. The van der Waals surface area contributed by atoms with Gasteiger partial charge in [-0.15, -0.1) is 0 Å². The first kappa shape index (κ1) is 55.2. The van der Waals surface area contributed by atoms with Crippen molar-refractivity contribution in [3.8, 4) is 0 Å². The van der Waals surface area contributed by atoms with E-state index in [9.17, 15) is 33.6 Å². The molecule has 18 nitrogen and oxygen atoms in total. The number of carbonyl (C=O) groups excluding carboxylic acids is 7. The summed E-state index contributed by atoms with van der Waals surface area (Å²) in [5.74, 6) is -5.67. The molecule has 1 fully saturated rings. The fourth-order valence-electron chi connectivity index (χ4n) is 12.3. The van der Waals surface area contributed by atoms with Crippen LogP contribution in [-0.2, 0) is 66.7 Å². The van der Waals surface area contributed by atoms with Crippen molar-refractivity contribution in [1.29, 1.82) is 0 Å². The molecule has 0 radical (unpaired) electrons. The van der Waals surface area contributed by atoms with Gasteiger partial charge in [0.05, 0.1) is 80.6 Å². The van der Waals surface area contributed by atoms with Crippen LogP contribution in [-0.4, -0.2) is 120 Å². The molecule has 9 unspecified atom stereocenters. The number of hydrogen-bond acceptors (Lipinski definition) is 18. The highest BCUT2D eigenvalue weighted by Crippen LogP contribution is 2.62. The molecule has 0 aromatic rings. The smallest absolute Gasteiger partial charge is 0.306 e. The van der Waals surface area contributed by atoms with Crippen LogP contribution in [0.25, 0.3) is 0 Å². The van der Waals surface area contributed by atoms with Crippen molar-refractivity contribution in [2.24, 2.45) is 60.3 Å². The minimum Gasteiger partial charge on any atom is -0.469 e. The van der Waals surface area contributed by atoms with Crippen molar-refractivity contribution >= 4 is 58.9 Å². The van der Waals surface area contributed by atoms with Crippen LogP contribution in [0, 0.1) is 45.3 Å². The van der Waals surface area contributed by atoms with Crippen LogP contribution in [0.4, 0.5) is 0 Å². The number of aliphatic imine (C=N–C) groups is 3. The van der Waals surface area contributed by atoms with E-state index >= 15 is 0 Å². The number of carbonyl (C=O) groups is 7. The lowest BCUT2D eigenvalue weighted by molar-refractivity contribution is -0.147. The topological polar surface area (TPSA) is 233 Å². The van der Waals surface area contributed by atoms with Gasteiger partial charge in [0.1, 0.15) is 0 Å². The van der Waals surface area contributed by atoms with E-state index in [2.05, 4.69) is 19.2 Å². The number of allylic oxidation sites excluding steroid dienone is 6. The molecule has 5 heterocycles. The Balaban J connectivity index is 2.05. The maximum absolute atomic E-state index is 14.0. The lowest BCUT2D eigenvalue weighted by Gasteiger charge is -2.48. The summed E-state index contributed by atoms with van der Waals surface area (Å²) in [5.41, 5.74) is -0.483. The molecule has 70 heavy (non-hydrogen) atoms. The Bertz CT molecular complexity index is 2340. The van der Waals surface area contributed by atoms with Crippen LogP contribution in [0.1, 0.15) is 126 Å². The van der Waals surface area contributed by atoms with E-state index in [0.29, 0.717) is 51.8 Å². The molecule has 5 aliphatic rings. The van der Waals surface area contributed by atoms with Crippen LogP contribution in [0.3, 0.4) is 0 Å². The minimum absolute atomic E-state index is 0.0103. The highest BCUT2D eigenvalue weighted by Gasteiger charge is 2.66. The number of hydrogen-bond donors (Lipinski definition) is 1. The van der Waals surface area contributed by atoms with Crippen LogP contribution in [0.5, 0.6) is 0 Å². The molecule has 0 amide bonds. The summed E-state index contributed by atoms with van der Waals surface area (Å²) >= 11 is 0. The van der Waals surface area contributed by atoms with Gasteiger partial charge in [0.15, 0.2) is 0 Å². The van der Waals surface area contributed by atoms with Gasteiger partial charge in [-0.05, 0) is 63.7 Å². The number of fused-ring (bicyclic) bond motifs is 6. The van der Waals surface area contributed by atoms with Gasteiger partial charge in [0.2, 0.25) is 0 Å². The maximum atomic E-state index is 14.0. The van der Waals surface area contributed by atoms with Gasteiger partial charge < -0.3 is 38.5 Å². The summed E-state index contributed by atoms with van der Waals surface area (Å²) in [6, 6.07) is -0.888. The van der Waals surface area contributed by atoms with E-state index in [1.54, 1.807) is 0 Å². The monoisotopic (exact) mass is 979 g/mol. The van der Waals surface area contributed by atoms with E-state index in [4.69, 9.17) is 48.1 Å². The van der Waals surface area contributed by atoms with E-state index in [-0.39, 0.29) is 64.2 Å². The second-order valence-electron chi connectivity index (χ2n) is 20.7. The first-order valence-corrected chi connectivity index (χ1v) is 24.0. The van der Waals surface area contributed by atoms with Crippen molar-refractivity contribution < 1.29 is 66.7 Å². The molecule has 0 aromatic heterocycles. The molecular formula is C52H74N4O14. The Hall–Kier alpha value is -5.68. The number of ether oxygens (including phenoxy) is 7. The zero-order valence-corrected chi connectivity index (χ0v) is 43.8. The Morgan fingerprint density at radius 1 is 0.586 bits per heavy atom. The fourth-order valence-corrected chi connectivity index (χ4v) is 12.3. The maximum Gasteiger partial charge on any atom is 0.306 e. The molecule has 386 valence electrons. The Labute approximate surface area is 411 Å². The summed E-state index contributed by atoms with van der Waals surface area (Å²) in [6.45, 7) is 15.7. The minimum atomic E-state index is -1.37. The third-order valence-electron chi connectivity index (χ3n) is 16.8. The van der Waals surface area contributed by atoms with Crippen molar-refractivity contribution in [3.05, 3.63) is 34.3 Å². The fraction of sp³-hybridized carbons (Fsp3) is 0.692. The van der Waals surface area contributed by atoms with E-state index in [0.717, 1.165) is 0 Å². The molecule has 5 aliphatic heterocycles. The van der Waals surface area contributed by atoms with Crippen LogP contribution >= 0.6 is 0 Å². The average molecular weight is 979 g/mol. The van der Waals surface area contributed by atoms with Crippen LogP contribution in [0.15, 0.2) is 49.3 Å². The summed E-state index contributed by atoms with van der Waals surface area (Å²) in [6.07, 6.45) is 2.42. The third kappa shape index (κ3) is 9.97. The second kappa shape index (κ2) is 21.4. The lowest BCUT2D eigenvalue weighted by atomic mass is 9.55. The predicted octanol–water partition coefficient (Wildman–Crippen LogP) is 6.54. The Kier molecular flexibility index (Phi) is 16.9. The molecule has 8 bridgehead atoms. The number of rotatable bonds is 18. The van der Waals surface area contributed by atoms with Crippen molar-refractivity contribution in [3.63, 3.8) is 0 Å². The molecule has 18 heteroatoms. The van der Waals surface area contributed by atoms with E-state index < -0.39 is 98.7 Å². The van der Waals surface area contributed by atoms with Gasteiger partial charge in [0, 0.05) is 105 Å². The standard InChI is InChI=1S/C52H74N4O14/c1-28-43-31(17-20-37(58)65-10)48(3,4)35(54-43)25-34-30(16-19-36(57)64-9)50(6,26-41(62)69-14)46(53-34)29(2)44-32(18-21-38(59)66-11)51(7,27-42(63)70-15)52(8,56-44)47-33(24-40(61)68-13)49(5,45(28)55-47)23-22-39(60)67-12/h25,30-33,47,53H,16-24,26-27H2,1-15H3. The predicted molar refractivity (Wildman–Crippen MR) is 258 cm³/mol. The summed E-state index contributed by atoms with van der Waals surface area (Å²) in [4.78, 5) is 111. The number of nitrogens with one attached hydrogen (secondary N) is 1. The lowest BCUT2D eigenvalue weighted by Crippen LogP contribution is -2.55. The molecule has 1 N–H and O–H groups in total. The largest absolute Gasteiger partial charge is 0.469 e. The SMILES string of the molecule is COC(=O)CCC1C2=C(C)C3=NC(C(CC(=O)OC)C3(C)CCC(=O)OC)C3(C)N=C(C(C)=C4NC(=CC(=N2)C1(C)C)C(CCC(=O)OC)C4(C)CC(=O)OC)C(CCC(=O)OC)C3(C)CC(=O)OC. The summed E-state index contributed by atoms with van der Waals surface area (Å²) in [5, 5.41) is 3.73. The molecular weight excluding hydrogens is 905 g/mol. The van der Waals surface area contributed by atoms with Gasteiger partial charge in [-0.2, -0.15) is 0 Å². The number of nitrogens with zero attached hydrogens (tertiary/aromatic N) is 3. The zero-order chi connectivity index (χ0) is 52.3. The number of methoxy groups -OCH3 is 7. The molecule has 1 saturated heterocycles. The van der Waals surface area contributed by atoms with E-state index in [1.807, 2.05) is 47.6 Å². The second-order valence-corrected chi connectivity index (χ2v) is 20.7. The first-order chi connectivity index (χ1) is 32.8. The van der Waals surface area contributed by atoms with Gasteiger partial charge in [0.25, 0.3) is 0 Å². The molecule has 0 spiro atoms. The van der Waals surface area contributed by atoms with Gasteiger partial charge in [-0.1, -0.05) is 34.6 Å². The molecule has 0 aliphatic carbocycles. The number of esters is 7. The van der Waals surface area contributed by atoms with Crippen LogP contribution in [0.2, 0.25) is 0 Å². The average Bonchev–Trinajstić information content (AvgIpc) is 3.95. The van der Waals surface area contributed by atoms with Gasteiger partial charge in [-0.25, -0.2) is 0 Å². The van der Waals surface area contributed by atoms with Crippen LogP contribution < -0.4 is 5.32 Å². The summed E-state index contributed by atoms with van der Waals surface area (Å²) < 4.78 is 36.8. The third-order valence-corrected chi connectivity index (χ3v) is 16.8. The van der Waals surface area contributed by atoms with E-state index in [1.165, 1.54) is 49.8 Å².